The van der Waals surface area contributed by atoms with Gasteiger partial charge >= 0.3 is 0 Å². The molecule has 1 heterocycles. The molecule has 0 aromatic carbocycles. The van der Waals surface area contributed by atoms with E-state index in [4.69, 9.17) is 11.6 Å². The molecule has 0 amide bonds. The van der Waals surface area contributed by atoms with E-state index >= 15 is 0 Å². The third-order valence-electron chi connectivity index (χ3n) is 1.31. The Morgan fingerprint density at radius 2 is 2.40 bits per heavy atom. The normalized spacial score (nSPS) is 9.40. The van der Waals surface area contributed by atoms with Crippen molar-refractivity contribution in [1.82, 2.24) is 4.98 Å². The highest BCUT2D eigenvalue weighted by Crippen LogP contribution is 2.13. The molecule has 1 aromatic rings. The monoisotopic (exact) mass is 155 g/mol. The van der Waals surface area contributed by atoms with Gasteiger partial charge in [-0.1, -0.05) is 11.6 Å². The Kier molecular flexibility index (Phi) is 2.02. The van der Waals surface area contributed by atoms with E-state index in [1.54, 1.807) is 13.0 Å². The van der Waals surface area contributed by atoms with Gasteiger partial charge in [0.2, 0.25) is 0 Å². The van der Waals surface area contributed by atoms with E-state index in [9.17, 15) is 4.79 Å². The highest BCUT2D eigenvalue weighted by Gasteiger charge is 1.99. The molecule has 1 rings (SSSR count). The number of halogens is 1. The summed E-state index contributed by atoms with van der Waals surface area (Å²) in [5.74, 6) is 0. The first-order chi connectivity index (χ1) is 4.75. The smallest absolute Gasteiger partial charge is 0.150 e. The molecule has 0 saturated carbocycles. The van der Waals surface area contributed by atoms with Crippen molar-refractivity contribution in [3.8, 4) is 0 Å². The van der Waals surface area contributed by atoms with E-state index in [1.165, 1.54) is 6.20 Å². The molecule has 52 valence electrons. The maximum absolute atomic E-state index is 10.3. The lowest BCUT2D eigenvalue weighted by molar-refractivity contribution is 0.112. The van der Waals surface area contributed by atoms with Crippen LogP contribution in [0.1, 0.15) is 15.9 Å². The largest absolute Gasteiger partial charge is 0.298 e. The van der Waals surface area contributed by atoms with Gasteiger partial charge in [-0.3, -0.25) is 4.79 Å². The molecular formula is C7H6ClNO. The molecule has 0 aliphatic heterocycles. The summed E-state index contributed by atoms with van der Waals surface area (Å²) in [6.07, 6.45) is 2.28. The maximum atomic E-state index is 10.3. The Morgan fingerprint density at radius 1 is 1.70 bits per heavy atom. The lowest BCUT2D eigenvalue weighted by Gasteiger charge is -1.96. The highest BCUT2D eigenvalue weighted by atomic mass is 35.5. The zero-order valence-electron chi connectivity index (χ0n) is 5.47. The fraction of sp³-hybridized carbons (Fsp3) is 0.143. The van der Waals surface area contributed by atoms with Crippen LogP contribution >= 0.6 is 11.6 Å². The molecule has 0 saturated heterocycles. The van der Waals surface area contributed by atoms with Crippen molar-refractivity contribution in [2.75, 3.05) is 0 Å². The van der Waals surface area contributed by atoms with Crippen LogP contribution in [-0.4, -0.2) is 11.3 Å². The van der Waals surface area contributed by atoms with Gasteiger partial charge < -0.3 is 0 Å². The van der Waals surface area contributed by atoms with Gasteiger partial charge in [-0.25, -0.2) is 4.98 Å². The third kappa shape index (κ3) is 1.16. The highest BCUT2D eigenvalue weighted by molar-refractivity contribution is 6.30. The van der Waals surface area contributed by atoms with Gasteiger partial charge in [0, 0.05) is 11.8 Å². The Hall–Kier alpha value is -0.890. The van der Waals surface area contributed by atoms with Crippen molar-refractivity contribution in [3.63, 3.8) is 0 Å². The van der Waals surface area contributed by atoms with Crippen molar-refractivity contribution in [2.24, 2.45) is 0 Å². The summed E-state index contributed by atoms with van der Waals surface area (Å²) >= 11 is 5.62. The number of aromatic nitrogens is 1. The molecule has 0 aliphatic carbocycles. The second-order valence-electron chi connectivity index (χ2n) is 1.93. The van der Waals surface area contributed by atoms with Crippen LogP contribution in [0.5, 0.6) is 0 Å². The summed E-state index contributed by atoms with van der Waals surface area (Å²) in [5.41, 5.74) is 1.33. The molecule has 0 N–H and O–H groups in total. The number of rotatable bonds is 1. The van der Waals surface area contributed by atoms with Gasteiger partial charge in [0.1, 0.15) is 11.4 Å². The Labute approximate surface area is 63.8 Å². The zero-order chi connectivity index (χ0) is 7.56. The molecule has 0 unspecified atom stereocenters. The fourth-order valence-electron chi connectivity index (χ4n) is 0.652. The first-order valence-electron chi connectivity index (χ1n) is 2.82. The van der Waals surface area contributed by atoms with Crippen LogP contribution in [0, 0.1) is 6.92 Å². The first kappa shape index (κ1) is 7.22. The molecule has 2 nitrogen and oxygen atoms in total. The van der Waals surface area contributed by atoms with Gasteiger partial charge in [-0.15, -0.1) is 0 Å². The molecule has 0 bridgehead atoms. The predicted molar refractivity (Wildman–Crippen MR) is 39.4 cm³/mol. The van der Waals surface area contributed by atoms with E-state index in [-0.39, 0.29) is 0 Å². The molecule has 0 spiro atoms. The van der Waals surface area contributed by atoms with Crippen LogP contribution in [0.3, 0.4) is 0 Å². The van der Waals surface area contributed by atoms with E-state index < -0.39 is 0 Å². The number of hydrogen-bond acceptors (Lipinski definition) is 2. The minimum atomic E-state index is 0.393. The van der Waals surface area contributed by atoms with Gasteiger partial charge in [0.25, 0.3) is 0 Å². The van der Waals surface area contributed by atoms with Crippen molar-refractivity contribution >= 4 is 17.9 Å². The summed E-state index contributed by atoms with van der Waals surface area (Å²) in [7, 11) is 0. The lowest BCUT2D eigenvalue weighted by Crippen LogP contribution is -1.88. The van der Waals surface area contributed by atoms with Gasteiger partial charge in [0.05, 0.1) is 0 Å². The summed E-state index contributed by atoms with van der Waals surface area (Å²) in [5, 5.41) is 0.393. The van der Waals surface area contributed by atoms with Crippen molar-refractivity contribution < 1.29 is 4.79 Å². The summed E-state index contributed by atoms with van der Waals surface area (Å²) in [4.78, 5) is 14.1. The van der Waals surface area contributed by atoms with Crippen LogP contribution in [0.4, 0.5) is 0 Å². The molecule has 0 radical (unpaired) electrons. The van der Waals surface area contributed by atoms with E-state index in [0.717, 1.165) is 11.8 Å². The minimum Gasteiger partial charge on any atom is -0.298 e. The number of carbonyl (C=O) groups excluding carboxylic acids is 1. The molecular weight excluding hydrogens is 150 g/mol. The molecule has 10 heavy (non-hydrogen) atoms. The molecule has 0 fully saturated rings. The number of nitrogens with zero attached hydrogens (tertiary/aromatic N) is 1. The minimum absolute atomic E-state index is 0.393. The molecule has 0 aliphatic rings. The van der Waals surface area contributed by atoms with E-state index in [2.05, 4.69) is 4.98 Å². The summed E-state index contributed by atoms with van der Waals surface area (Å²) in [6, 6.07) is 1.63. The Balaban J connectivity index is 3.27. The number of pyridine rings is 1. The average Bonchev–Trinajstić information content (AvgIpc) is 1.95. The number of carbonyl (C=O) groups is 1. The number of aldehydes is 1. The van der Waals surface area contributed by atoms with Crippen LogP contribution in [0.25, 0.3) is 0 Å². The van der Waals surface area contributed by atoms with Crippen LogP contribution in [0.2, 0.25) is 5.15 Å². The fourth-order valence-corrected chi connectivity index (χ4v) is 0.817. The SMILES string of the molecule is Cc1c(C=O)ccnc1Cl. The van der Waals surface area contributed by atoms with Crippen molar-refractivity contribution in [3.05, 3.63) is 28.5 Å². The predicted octanol–water partition coefficient (Wildman–Crippen LogP) is 1.86. The first-order valence-corrected chi connectivity index (χ1v) is 3.20. The lowest BCUT2D eigenvalue weighted by atomic mass is 10.2. The quantitative estimate of drug-likeness (QED) is 0.458. The zero-order valence-corrected chi connectivity index (χ0v) is 6.22. The van der Waals surface area contributed by atoms with Crippen LogP contribution < -0.4 is 0 Å². The molecule has 0 atom stereocenters. The van der Waals surface area contributed by atoms with Gasteiger partial charge in [-0.05, 0) is 18.6 Å². The summed E-state index contributed by atoms with van der Waals surface area (Å²) in [6.45, 7) is 1.76. The van der Waals surface area contributed by atoms with Crippen LogP contribution in [-0.2, 0) is 0 Å². The average molecular weight is 156 g/mol. The van der Waals surface area contributed by atoms with Crippen LogP contribution in [0.15, 0.2) is 12.3 Å². The van der Waals surface area contributed by atoms with Crippen molar-refractivity contribution in [2.45, 2.75) is 6.92 Å². The topological polar surface area (TPSA) is 30.0 Å². The Bertz CT molecular complexity index is 260. The molecule has 3 heteroatoms. The molecule has 1 aromatic heterocycles. The third-order valence-corrected chi connectivity index (χ3v) is 1.69. The van der Waals surface area contributed by atoms with E-state index in [1.807, 2.05) is 0 Å². The number of hydrogen-bond donors (Lipinski definition) is 0. The van der Waals surface area contributed by atoms with Gasteiger partial charge in [-0.2, -0.15) is 0 Å². The standard InChI is InChI=1S/C7H6ClNO/c1-5-6(4-10)2-3-9-7(5)8/h2-4H,1H3. The Morgan fingerprint density at radius 3 is 2.90 bits per heavy atom. The maximum Gasteiger partial charge on any atom is 0.150 e. The van der Waals surface area contributed by atoms with Crippen molar-refractivity contribution in [1.29, 1.82) is 0 Å². The van der Waals surface area contributed by atoms with E-state index in [0.29, 0.717) is 10.7 Å². The summed E-state index contributed by atoms with van der Waals surface area (Å²) < 4.78 is 0. The second-order valence-corrected chi connectivity index (χ2v) is 2.29. The van der Waals surface area contributed by atoms with Gasteiger partial charge in [0.15, 0.2) is 0 Å². The second kappa shape index (κ2) is 2.80.